The zero-order valence-corrected chi connectivity index (χ0v) is 10.9. The van der Waals surface area contributed by atoms with Gasteiger partial charge in [0.25, 0.3) is 0 Å². The molecule has 1 N–H and O–H groups in total. The number of carbonyl (C=O) groups is 1. The summed E-state index contributed by atoms with van der Waals surface area (Å²) in [5.74, 6) is -0.455. The summed E-state index contributed by atoms with van der Waals surface area (Å²) in [6, 6.07) is 6.08. The minimum absolute atomic E-state index is 0.0963. The molecule has 1 unspecified atom stereocenters. The molecular weight excluding hydrogens is 256 g/mol. The molecule has 0 spiro atoms. The highest BCUT2D eigenvalue weighted by Crippen LogP contribution is 2.17. The zero-order chi connectivity index (χ0) is 14.3. The molecule has 4 nitrogen and oxygen atoms in total. The van der Waals surface area contributed by atoms with E-state index in [1.54, 1.807) is 26.0 Å². The first-order chi connectivity index (χ1) is 9.02. The fourth-order valence-electron chi connectivity index (χ4n) is 1.39. The maximum Gasteiger partial charge on any atom is 0.387 e. The number of benzene rings is 1. The van der Waals surface area contributed by atoms with Crippen molar-refractivity contribution in [3.05, 3.63) is 24.3 Å². The lowest BCUT2D eigenvalue weighted by Gasteiger charge is -2.13. The van der Waals surface area contributed by atoms with Crippen LogP contribution in [0.1, 0.15) is 13.8 Å². The van der Waals surface area contributed by atoms with Crippen molar-refractivity contribution in [3.8, 4) is 5.75 Å². The Hall–Kier alpha value is -1.85. The molecule has 0 saturated heterocycles. The van der Waals surface area contributed by atoms with Gasteiger partial charge in [0, 0.05) is 12.2 Å². The average molecular weight is 273 g/mol. The molecule has 0 aromatic heterocycles. The van der Waals surface area contributed by atoms with Crippen LogP contribution in [0, 0.1) is 5.92 Å². The monoisotopic (exact) mass is 273 g/mol. The highest BCUT2D eigenvalue weighted by molar-refractivity contribution is 5.72. The Kier molecular flexibility index (Phi) is 6.05. The molecule has 1 aromatic carbocycles. The molecule has 0 aliphatic carbocycles. The first-order valence-corrected chi connectivity index (χ1v) is 5.98. The molecule has 0 aliphatic rings. The molecule has 0 saturated carbocycles. The predicted octanol–water partition coefficient (Wildman–Crippen LogP) is 2.90. The quantitative estimate of drug-likeness (QED) is 0.776. The maximum absolute atomic E-state index is 11.9. The van der Waals surface area contributed by atoms with Crippen molar-refractivity contribution in [1.29, 1.82) is 0 Å². The van der Waals surface area contributed by atoms with Crippen molar-refractivity contribution in [2.45, 2.75) is 20.5 Å². The van der Waals surface area contributed by atoms with E-state index in [0.717, 1.165) is 5.69 Å². The zero-order valence-electron chi connectivity index (χ0n) is 10.9. The number of nitrogens with one attached hydrogen (secondary N) is 1. The second kappa shape index (κ2) is 7.56. The van der Waals surface area contributed by atoms with Crippen molar-refractivity contribution >= 4 is 11.7 Å². The van der Waals surface area contributed by atoms with Gasteiger partial charge in [0.2, 0.25) is 0 Å². The van der Waals surface area contributed by atoms with Crippen molar-refractivity contribution in [1.82, 2.24) is 0 Å². The number of halogens is 2. The molecule has 1 rings (SSSR count). The van der Waals surface area contributed by atoms with Gasteiger partial charge in [0.15, 0.2) is 0 Å². The second-order valence-corrected chi connectivity index (χ2v) is 3.94. The van der Waals surface area contributed by atoms with E-state index in [1.807, 2.05) is 0 Å². The summed E-state index contributed by atoms with van der Waals surface area (Å²) in [6.45, 7) is 1.43. The van der Waals surface area contributed by atoms with Crippen LogP contribution in [0.5, 0.6) is 5.75 Å². The number of rotatable bonds is 7. The van der Waals surface area contributed by atoms with Gasteiger partial charge in [-0.15, -0.1) is 0 Å². The predicted molar refractivity (Wildman–Crippen MR) is 67.4 cm³/mol. The van der Waals surface area contributed by atoms with Crippen LogP contribution in [0.15, 0.2) is 24.3 Å². The number of anilines is 1. The van der Waals surface area contributed by atoms with Crippen molar-refractivity contribution in [2.24, 2.45) is 5.92 Å². The molecular formula is C13H17F2NO3. The van der Waals surface area contributed by atoms with Gasteiger partial charge in [0.05, 0.1) is 12.5 Å². The van der Waals surface area contributed by atoms with Crippen LogP contribution in [0.4, 0.5) is 14.5 Å². The van der Waals surface area contributed by atoms with Gasteiger partial charge in [-0.2, -0.15) is 8.78 Å². The van der Waals surface area contributed by atoms with Crippen LogP contribution in [0.25, 0.3) is 0 Å². The molecule has 0 heterocycles. The van der Waals surface area contributed by atoms with E-state index in [2.05, 4.69) is 10.1 Å². The number of ether oxygens (including phenoxy) is 2. The van der Waals surface area contributed by atoms with Gasteiger partial charge in [0.1, 0.15) is 5.75 Å². The molecule has 0 bridgehead atoms. The Labute approximate surface area is 110 Å². The largest absolute Gasteiger partial charge is 0.466 e. The van der Waals surface area contributed by atoms with Crippen LogP contribution in [0.2, 0.25) is 0 Å². The first-order valence-electron chi connectivity index (χ1n) is 5.98. The van der Waals surface area contributed by atoms with Crippen LogP contribution in [-0.4, -0.2) is 25.7 Å². The first kappa shape index (κ1) is 15.2. The number of alkyl halides is 2. The SMILES string of the molecule is CCOC(=O)C(C)CNc1ccc(OC(F)F)cc1. The highest BCUT2D eigenvalue weighted by atomic mass is 19.3. The summed E-state index contributed by atoms with van der Waals surface area (Å²) in [5.41, 5.74) is 0.720. The lowest BCUT2D eigenvalue weighted by atomic mass is 10.2. The normalized spacial score (nSPS) is 12.1. The Bertz CT molecular complexity index is 395. The molecule has 1 atom stereocenters. The third-order valence-electron chi connectivity index (χ3n) is 2.38. The molecule has 0 fully saturated rings. The number of carbonyl (C=O) groups excluding carboxylic acids is 1. The molecule has 0 radical (unpaired) electrons. The maximum atomic E-state index is 11.9. The molecule has 19 heavy (non-hydrogen) atoms. The number of hydrogen-bond donors (Lipinski definition) is 1. The fraction of sp³-hybridized carbons (Fsp3) is 0.462. The fourth-order valence-corrected chi connectivity index (χ4v) is 1.39. The Morgan fingerprint density at radius 2 is 1.95 bits per heavy atom. The van der Waals surface area contributed by atoms with Crippen molar-refractivity contribution in [3.63, 3.8) is 0 Å². The summed E-state index contributed by atoms with van der Waals surface area (Å²) < 4.78 is 33.0. The molecule has 6 heteroatoms. The minimum atomic E-state index is -2.83. The Morgan fingerprint density at radius 1 is 1.32 bits per heavy atom. The van der Waals surface area contributed by atoms with Gasteiger partial charge in [-0.3, -0.25) is 4.79 Å². The van der Waals surface area contributed by atoms with E-state index in [1.165, 1.54) is 12.1 Å². The van der Waals surface area contributed by atoms with E-state index in [9.17, 15) is 13.6 Å². The third-order valence-corrected chi connectivity index (χ3v) is 2.38. The summed E-state index contributed by atoms with van der Waals surface area (Å²) in [7, 11) is 0. The van der Waals surface area contributed by atoms with E-state index in [4.69, 9.17) is 4.74 Å². The Balaban J connectivity index is 2.43. The number of hydrogen-bond acceptors (Lipinski definition) is 4. The van der Waals surface area contributed by atoms with E-state index in [0.29, 0.717) is 13.2 Å². The van der Waals surface area contributed by atoms with Crippen LogP contribution < -0.4 is 10.1 Å². The summed E-state index contributed by atoms with van der Waals surface area (Å²) >= 11 is 0. The molecule has 106 valence electrons. The highest BCUT2D eigenvalue weighted by Gasteiger charge is 2.13. The second-order valence-electron chi connectivity index (χ2n) is 3.94. The van der Waals surface area contributed by atoms with Crippen molar-refractivity contribution < 1.29 is 23.0 Å². The summed E-state index contributed by atoms with van der Waals surface area (Å²) in [5, 5.41) is 3.02. The van der Waals surface area contributed by atoms with Gasteiger partial charge < -0.3 is 14.8 Å². The Morgan fingerprint density at radius 3 is 2.47 bits per heavy atom. The average Bonchev–Trinajstić information content (AvgIpc) is 2.37. The summed E-state index contributed by atoms with van der Waals surface area (Å²) in [4.78, 5) is 11.4. The molecule has 0 aliphatic heterocycles. The van der Waals surface area contributed by atoms with Crippen LogP contribution >= 0.6 is 0 Å². The summed E-state index contributed by atoms with van der Waals surface area (Å²) in [6.07, 6.45) is 0. The standard InChI is InChI=1S/C13H17F2NO3/c1-3-18-12(17)9(2)8-16-10-4-6-11(7-5-10)19-13(14)15/h4-7,9,13,16H,3,8H2,1-2H3. The lowest BCUT2D eigenvalue weighted by Crippen LogP contribution is -2.22. The topological polar surface area (TPSA) is 47.6 Å². The van der Waals surface area contributed by atoms with Gasteiger partial charge in [-0.05, 0) is 31.2 Å². The van der Waals surface area contributed by atoms with E-state index < -0.39 is 6.61 Å². The van der Waals surface area contributed by atoms with Crippen LogP contribution in [-0.2, 0) is 9.53 Å². The van der Waals surface area contributed by atoms with Gasteiger partial charge >= 0.3 is 12.6 Å². The van der Waals surface area contributed by atoms with E-state index in [-0.39, 0.29) is 17.6 Å². The van der Waals surface area contributed by atoms with Gasteiger partial charge in [-0.1, -0.05) is 6.92 Å². The van der Waals surface area contributed by atoms with Crippen LogP contribution in [0.3, 0.4) is 0 Å². The van der Waals surface area contributed by atoms with E-state index >= 15 is 0 Å². The molecule has 1 aromatic rings. The van der Waals surface area contributed by atoms with Gasteiger partial charge in [-0.25, -0.2) is 0 Å². The smallest absolute Gasteiger partial charge is 0.387 e. The lowest BCUT2D eigenvalue weighted by molar-refractivity contribution is -0.146. The van der Waals surface area contributed by atoms with Crippen molar-refractivity contribution in [2.75, 3.05) is 18.5 Å². The molecule has 0 amide bonds. The third kappa shape index (κ3) is 5.54. The minimum Gasteiger partial charge on any atom is -0.466 e. The number of esters is 1.